The van der Waals surface area contributed by atoms with Crippen LogP contribution in [0.2, 0.25) is 12.6 Å². The first-order valence-electron chi connectivity index (χ1n) is 19.2. The van der Waals surface area contributed by atoms with Crippen LogP contribution >= 0.6 is 0 Å². The van der Waals surface area contributed by atoms with Crippen LogP contribution in [0.25, 0.3) is 27.0 Å². The maximum absolute atomic E-state index is 13.8. The number of azide groups is 2. The summed E-state index contributed by atoms with van der Waals surface area (Å²) < 4.78 is 167. The van der Waals surface area contributed by atoms with E-state index in [1.54, 1.807) is 7.17 Å². The van der Waals surface area contributed by atoms with Gasteiger partial charge >= 0.3 is 5.97 Å². The topological polar surface area (TPSA) is 239 Å². The summed E-state index contributed by atoms with van der Waals surface area (Å²) in [5.74, 6) is -27.4. The van der Waals surface area contributed by atoms with Gasteiger partial charge < -0.3 is 27.2 Å². The first kappa shape index (κ1) is 63.6. The molecule has 0 aromatic heterocycles. The van der Waals surface area contributed by atoms with Crippen LogP contribution in [0.4, 0.5) is 69.7 Å². The summed E-state index contributed by atoms with van der Waals surface area (Å²) in [6.07, 6.45) is 13.5. The highest BCUT2D eigenvalue weighted by Crippen LogP contribution is 2.32. The number of hydrogen-bond donors (Lipinski definition) is 4. The number of hydrogen-bond acceptors (Lipinski definition) is 6. The number of carbonyl (C=O) groups is 3. The van der Waals surface area contributed by atoms with Crippen molar-refractivity contribution >= 4 is 80.1 Å². The number of nitrogens with two attached hydrogens (primary N) is 1. The molecule has 0 fully saturated rings. The molecule has 10 radical (unpaired) electrons. The molecule has 3 rings (SSSR count). The zero-order chi connectivity index (χ0) is 52.7. The molecule has 0 bridgehead atoms. The molecule has 0 heterocycles. The van der Waals surface area contributed by atoms with Crippen LogP contribution in [0.1, 0.15) is 83.8 Å². The largest absolute Gasteiger partial charge is 0.693 e. The molecule has 2 amide bonds. The molecule has 0 aliphatic heterocycles. The van der Waals surface area contributed by atoms with Crippen LogP contribution in [0, 0.1) is 82.6 Å². The van der Waals surface area contributed by atoms with Crippen molar-refractivity contribution in [3.05, 3.63) is 114 Å². The third kappa shape index (κ3) is 19.0. The van der Waals surface area contributed by atoms with Crippen molar-refractivity contribution in [2.24, 2.45) is 10.2 Å². The highest BCUT2D eigenvalue weighted by atomic mass is 19.2. The molecule has 68 heavy (non-hydrogen) atoms. The van der Waals surface area contributed by atoms with Crippen molar-refractivity contribution in [2.75, 3.05) is 25.5 Å². The van der Waals surface area contributed by atoms with Crippen molar-refractivity contribution in [1.29, 1.82) is 0 Å². The smallest absolute Gasteiger partial charge is 0.341 e. The number of terminal acetylenes is 1. The van der Waals surface area contributed by atoms with Gasteiger partial charge in [-0.15, -0.1) is 12.8 Å². The van der Waals surface area contributed by atoms with Crippen molar-refractivity contribution in [3.63, 3.8) is 0 Å². The number of amides is 2. The standard InChI is InChI=1S/C14H17B2F4N2O.C13H13B2F4N4O.C7HF4N3O2.C2H2.B2.H2N/c1-21-13-11(19)9(17)8(10(18)12(13)20)14(23)22-7-5-3-2-4-6-16-15;14-15-5-3-1-2-4-6-21-13(24)7-8(16)10(18)12(22-23-20)11(19)9(7)17;8-2-1(7(15)16)3(9)5(11)6(4(2)10)13-14-12;2*1-2;/h21H,2-7H2,1H3,(H,22,23);1-6H2,(H,21,24);(H,15,16);1-2H;;1H2/q;;;;;-1/i;;;1D;;. The SMILES string of the molecule is [2H]C#C.[B][B].[B][B]CCCCCCNC(=O)c1c(F)c(F)c(N=[N+]=[N-])c(F)c1F.[B][B]CCCCCCNC(=O)c1c(F)c(F)c(NC)c(F)c1F.[N-]=[N+]=Nc1c(F)c(F)c(C(=O)O)c(F)c1F.[NH2-]. The Kier molecular flexibility index (Phi) is 33.4. The van der Waals surface area contributed by atoms with Gasteiger partial charge in [-0.25, -0.2) is 57.5 Å². The number of unbranched alkanes of at least 4 members (excludes halogenated alkanes) is 6. The number of benzene rings is 3. The number of halogens is 12. The second kappa shape index (κ2) is 35.7. The lowest BCUT2D eigenvalue weighted by molar-refractivity contribution is 0.0683. The number of carbonyl (C=O) groups excluding carboxylic acids is 2. The van der Waals surface area contributed by atoms with Crippen molar-refractivity contribution in [3.8, 4) is 12.8 Å². The maximum atomic E-state index is 13.8. The van der Waals surface area contributed by atoms with E-state index in [2.05, 4.69) is 47.7 Å². The van der Waals surface area contributed by atoms with Gasteiger partial charge in [-0.05, 0) is 23.9 Å². The average Bonchev–Trinajstić information content (AvgIpc) is 3.31. The predicted molar refractivity (Wildman–Crippen MR) is 234 cm³/mol. The summed E-state index contributed by atoms with van der Waals surface area (Å²) in [5.41, 5.74) is 7.64. The van der Waals surface area contributed by atoms with E-state index in [4.69, 9.17) is 33.0 Å². The normalized spacial score (nSPS) is 9.62. The number of rotatable bonds is 20. The fraction of sp³-hybridized carbons (Fsp3) is 0.361. The van der Waals surface area contributed by atoms with E-state index in [9.17, 15) is 67.1 Å². The fourth-order valence-electron chi connectivity index (χ4n) is 5.00. The van der Waals surface area contributed by atoms with Gasteiger partial charge in [-0.3, -0.25) is 9.59 Å². The van der Waals surface area contributed by atoms with Gasteiger partial charge in [-0.1, -0.05) is 61.4 Å². The predicted octanol–water partition coefficient (Wildman–Crippen LogP) is 9.55. The van der Waals surface area contributed by atoms with Crippen LogP contribution < -0.4 is 16.0 Å². The minimum absolute atomic E-state index is 0. The van der Waals surface area contributed by atoms with E-state index in [1.165, 1.54) is 13.6 Å². The monoisotopic (exact) mass is 966 g/mol. The van der Waals surface area contributed by atoms with Gasteiger partial charge in [0.2, 0.25) is 0 Å². The van der Waals surface area contributed by atoms with Crippen LogP contribution in [0.15, 0.2) is 10.2 Å². The summed E-state index contributed by atoms with van der Waals surface area (Å²) >= 11 is 0. The Labute approximate surface area is 389 Å². The summed E-state index contributed by atoms with van der Waals surface area (Å²) in [6, 6.07) is 0. The minimum Gasteiger partial charge on any atom is -0.693 e. The Morgan fingerprint density at radius 3 is 1.13 bits per heavy atom. The summed E-state index contributed by atoms with van der Waals surface area (Å²) in [5, 5.41) is 19.7. The lowest BCUT2D eigenvalue weighted by Gasteiger charge is -2.11. The van der Waals surface area contributed by atoms with Gasteiger partial charge in [0.05, 0.1) is 14.3 Å². The second-order valence-corrected chi connectivity index (χ2v) is 12.3. The number of carboxylic acid groups (broad SMARTS) is 1. The number of nitrogens with zero attached hydrogens (tertiary/aromatic N) is 6. The van der Waals surface area contributed by atoms with Gasteiger partial charge in [0, 0.05) is 60.9 Å². The van der Waals surface area contributed by atoms with E-state index in [0.717, 1.165) is 58.2 Å². The van der Waals surface area contributed by atoms with Gasteiger partial charge in [0.15, 0.2) is 69.8 Å². The van der Waals surface area contributed by atoms with E-state index < -0.39 is 121 Å². The molecule has 0 spiro atoms. The number of nitrogens with one attached hydrogen (secondary N) is 3. The summed E-state index contributed by atoms with van der Waals surface area (Å²) in [6.45, 7) is 0.243. The highest BCUT2D eigenvalue weighted by molar-refractivity contribution is 6.89. The number of aromatic carboxylic acids is 1. The summed E-state index contributed by atoms with van der Waals surface area (Å²) in [7, 11) is 22.7. The molecule has 0 unspecified atom stereocenters. The third-order valence-electron chi connectivity index (χ3n) is 8.12. The Balaban J connectivity index is -0.000000911. The van der Waals surface area contributed by atoms with E-state index in [-0.39, 0.29) is 19.2 Å². The molecule has 0 saturated heterocycles. The fourth-order valence-corrected chi connectivity index (χ4v) is 5.00. The lowest BCUT2D eigenvalue weighted by atomic mass is 9.53. The Morgan fingerprint density at radius 1 is 0.588 bits per heavy atom. The van der Waals surface area contributed by atoms with Crippen LogP contribution in [0.3, 0.4) is 0 Å². The Morgan fingerprint density at radius 2 is 0.868 bits per heavy atom. The van der Waals surface area contributed by atoms with Crippen LogP contribution in [-0.2, 0) is 0 Å². The van der Waals surface area contributed by atoms with Crippen molar-refractivity contribution in [1.82, 2.24) is 10.6 Å². The number of anilines is 1. The first-order chi connectivity index (χ1) is 32.2. The highest BCUT2D eigenvalue weighted by Gasteiger charge is 2.31. The average molecular weight is 966 g/mol. The van der Waals surface area contributed by atoms with Gasteiger partial charge in [-0.2, -0.15) is 0 Å². The first-order valence-corrected chi connectivity index (χ1v) is 18.7. The third-order valence-corrected chi connectivity index (χ3v) is 8.12. The second-order valence-electron chi connectivity index (χ2n) is 12.3. The molecule has 0 saturated carbocycles. The Hall–Kier alpha value is -6.44. The quantitative estimate of drug-likeness (QED) is 0.0126. The molecule has 3 aromatic carbocycles. The van der Waals surface area contributed by atoms with Crippen molar-refractivity contribution in [2.45, 2.75) is 64.0 Å². The molecule has 0 aliphatic rings. The van der Waals surface area contributed by atoms with E-state index in [1.807, 2.05) is 10.2 Å². The molecule has 3 aromatic rings. The van der Waals surface area contributed by atoms with Gasteiger partial charge in [0.25, 0.3) is 11.8 Å². The molecule has 14 nitrogen and oxygen atoms in total. The summed E-state index contributed by atoms with van der Waals surface area (Å²) in [4.78, 5) is 37.8. The number of carboxylic acids is 1. The molecule has 356 valence electrons. The van der Waals surface area contributed by atoms with Crippen LogP contribution in [-0.4, -0.2) is 88.3 Å². The molecular formula is C36H35B6F12N10O4-. The lowest BCUT2D eigenvalue weighted by Crippen LogP contribution is -2.27. The van der Waals surface area contributed by atoms with E-state index in [0.29, 0.717) is 12.8 Å². The van der Waals surface area contributed by atoms with Crippen LogP contribution in [0.5, 0.6) is 0 Å². The van der Waals surface area contributed by atoms with E-state index >= 15 is 0 Å². The molecular weight excluding hydrogens is 929 g/mol. The molecule has 0 atom stereocenters. The maximum Gasteiger partial charge on any atom is 0.341 e. The molecule has 6 N–H and O–H groups in total. The zero-order valence-corrected chi connectivity index (χ0v) is 35.5. The zero-order valence-electron chi connectivity index (χ0n) is 36.5. The molecule has 32 heteroatoms. The van der Waals surface area contributed by atoms with Crippen molar-refractivity contribution < 1.29 is 73.5 Å². The minimum atomic E-state index is -2.18. The Bertz CT molecular complexity index is 2220. The van der Waals surface area contributed by atoms with Gasteiger partial charge in [0.1, 0.15) is 35.1 Å². The molecule has 0 aliphatic carbocycles.